The Morgan fingerprint density at radius 3 is 2.90 bits per heavy atom. The fraction of sp³-hybridized carbons (Fsp3) is 0.562. The molecule has 0 saturated heterocycles. The Balaban J connectivity index is 1.91. The summed E-state index contributed by atoms with van der Waals surface area (Å²) in [6, 6.07) is 7.66. The predicted molar refractivity (Wildman–Crippen MR) is 80.8 cm³/mol. The first-order chi connectivity index (χ1) is 10.1. The number of primary amides is 1. The number of para-hydroxylation sites is 1. The first kappa shape index (κ1) is 15.8. The average Bonchev–Trinajstić information content (AvgIpc) is 2.84. The monoisotopic (exact) mass is 292 g/mol. The van der Waals surface area contributed by atoms with Crippen LogP contribution >= 0.6 is 0 Å². The molecule has 5 N–H and O–H groups in total. The maximum atomic E-state index is 11.5. The molecule has 1 aromatic carbocycles. The largest absolute Gasteiger partial charge is 0.493 e. The van der Waals surface area contributed by atoms with Gasteiger partial charge in [0.05, 0.1) is 12.1 Å². The topological polar surface area (TPSA) is 98.6 Å². The number of benzene rings is 1. The molecule has 5 heteroatoms. The van der Waals surface area contributed by atoms with Gasteiger partial charge in [-0.1, -0.05) is 24.6 Å². The number of aliphatic hydroxyl groups is 1. The summed E-state index contributed by atoms with van der Waals surface area (Å²) in [5, 5.41) is 9.05. The van der Waals surface area contributed by atoms with E-state index in [9.17, 15) is 4.79 Å². The minimum absolute atomic E-state index is 0.0833. The molecular weight excluding hydrogens is 268 g/mol. The van der Waals surface area contributed by atoms with Gasteiger partial charge in [-0.25, -0.2) is 0 Å². The molecule has 0 heterocycles. The van der Waals surface area contributed by atoms with Crippen LogP contribution in [0.4, 0.5) is 0 Å². The quantitative estimate of drug-likeness (QED) is 0.697. The van der Waals surface area contributed by atoms with Crippen molar-refractivity contribution < 1.29 is 14.6 Å². The molecule has 1 aromatic rings. The number of ether oxygens (including phenoxy) is 1. The van der Waals surface area contributed by atoms with E-state index >= 15 is 0 Å². The molecule has 0 radical (unpaired) electrons. The van der Waals surface area contributed by atoms with Crippen molar-refractivity contribution in [2.24, 2.45) is 17.4 Å². The van der Waals surface area contributed by atoms with Gasteiger partial charge in [0.25, 0.3) is 0 Å². The van der Waals surface area contributed by atoms with Crippen LogP contribution in [-0.2, 0) is 11.2 Å². The van der Waals surface area contributed by atoms with E-state index in [-0.39, 0.29) is 12.5 Å². The van der Waals surface area contributed by atoms with E-state index in [1.807, 2.05) is 24.3 Å². The van der Waals surface area contributed by atoms with Crippen LogP contribution < -0.4 is 16.2 Å². The van der Waals surface area contributed by atoms with Crippen LogP contribution in [0.1, 0.15) is 31.2 Å². The van der Waals surface area contributed by atoms with Gasteiger partial charge >= 0.3 is 0 Å². The Morgan fingerprint density at radius 2 is 2.19 bits per heavy atom. The first-order valence-electron chi connectivity index (χ1n) is 7.48. The lowest BCUT2D eigenvalue weighted by atomic mass is 9.85. The van der Waals surface area contributed by atoms with Gasteiger partial charge in [0, 0.05) is 6.61 Å². The summed E-state index contributed by atoms with van der Waals surface area (Å²) in [4.78, 5) is 11.5. The van der Waals surface area contributed by atoms with Crippen LogP contribution in [-0.4, -0.2) is 29.8 Å². The minimum atomic E-state index is -0.881. The fourth-order valence-corrected chi connectivity index (χ4v) is 3.11. The molecule has 0 spiro atoms. The van der Waals surface area contributed by atoms with Crippen LogP contribution in [0.3, 0.4) is 0 Å². The van der Waals surface area contributed by atoms with Crippen molar-refractivity contribution in [3.05, 3.63) is 29.8 Å². The SMILES string of the molecule is NC(=O)C1(N)CCCC1CCOc1ccccc1CCO. The Labute approximate surface area is 125 Å². The first-order valence-corrected chi connectivity index (χ1v) is 7.48. The van der Waals surface area contributed by atoms with Crippen molar-refractivity contribution in [1.29, 1.82) is 0 Å². The number of nitrogens with two attached hydrogens (primary N) is 2. The normalized spacial score (nSPS) is 25.0. The van der Waals surface area contributed by atoms with Crippen LogP contribution in [0, 0.1) is 5.92 Å². The van der Waals surface area contributed by atoms with Crippen molar-refractivity contribution in [3.63, 3.8) is 0 Å². The molecule has 1 aliphatic carbocycles. The van der Waals surface area contributed by atoms with E-state index in [1.165, 1.54) is 0 Å². The molecule has 1 saturated carbocycles. The lowest BCUT2D eigenvalue weighted by Gasteiger charge is -2.28. The summed E-state index contributed by atoms with van der Waals surface area (Å²) in [6.07, 6.45) is 3.80. The number of amides is 1. The van der Waals surface area contributed by atoms with Gasteiger partial charge in [-0.05, 0) is 43.2 Å². The molecule has 2 unspecified atom stereocenters. The zero-order valence-electron chi connectivity index (χ0n) is 12.3. The molecular formula is C16H24N2O3. The van der Waals surface area contributed by atoms with Gasteiger partial charge in [0.15, 0.2) is 0 Å². The second kappa shape index (κ2) is 6.91. The highest BCUT2D eigenvalue weighted by Gasteiger charge is 2.43. The molecule has 116 valence electrons. The Hall–Kier alpha value is -1.59. The number of hydrogen-bond acceptors (Lipinski definition) is 4. The number of hydrogen-bond donors (Lipinski definition) is 3. The lowest BCUT2D eigenvalue weighted by molar-refractivity contribution is -0.124. The smallest absolute Gasteiger partial charge is 0.237 e. The Morgan fingerprint density at radius 1 is 1.43 bits per heavy atom. The molecule has 0 aromatic heterocycles. The Kier molecular flexibility index (Phi) is 5.20. The average molecular weight is 292 g/mol. The highest BCUT2D eigenvalue weighted by atomic mass is 16.5. The molecule has 1 aliphatic rings. The summed E-state index contributed by atoms with van der Waals surface area (Å²) >= 11 is 0. The number of aliphatic hydroxyl groups excluding tert-OH is 1. The van der Waals surface area contributed by atoms with Gasteiger partial charge in [0.2, 0.25) is 5.91 Å². The van der Waals surface area contributed by atoms with Crippen LogP contribution in [0.25, 0.3) is 0 Å². The zero-order chi connectivity index (χ0) is 15.3. The summed E-state index contributed by atoms with van der Waals surface area (Å²) in [7, 11) is 0. The van der Waals surface area contributed by atoms with Crippen LogP contribution in [0.15, 0.2) is 24.3 Å². The minimum Gasteiger partial charge on any atom is -0.493 e. The molecule has 0 aliphatic heterocycles. The van der Waals surface area contributed by atoms with Gasteiger partial charge in [0.1, 0.15) is 5.75 Å². The summed E-state index contributed by atoms with van der Waals surface area (Å²) < 4.78 is 5.81. The van der Waals surface area contributed by atoms with Gasteiger partial charge < -0.3 is 21.3 Å². The molecule has 21 heavy (non-hydrogen) atoms. The highest BCUT2D eigenvalue weighted by Crippen LogP contribution is 2.36. The molecule has 0 bridgehead atoms. The van der Waals surface area contributed by atoms with E-state index < -0.39 is 11.4 Å². The number of carbonyl (C=O) groups excluding carboxylic acids is 1. The van der Waals surface area contributed by atoms with E-state index in [0.29, 0.717) is 25.9 Å². The van der Waals surface area contributed by atoms with Crippen molar-refractivity contribution in [1.82, 2.24) is 0 Å². The zero-order valence-corrected chi connectivity index (χ0v) is 12.3. The second-order valence-electron chi connectivity index (χ2n) is 5.71. The molecule has 2 atom stereocenters. The second-order valence-corrected chi connectivity index (χ2v) is 5.71. The molecule has 1 amide bonds. The Bertz CT molecular complexity index is 492. The standard InChI is InChI=1S/C16H24N2O3/c17-15(20)16(18)9-3-5-13(16)8-11-21-14-6-2-1-4-12(14)7-10-19/h1-2,4,6,13,19H,3,5,7-11,18H2,(H2,17,20). The van der Waals surface area contributed by atoms with Crippen LogP contribution in [0.5, 0.6) is 5.75 Å². The van der Waals surface area contributed by atoms with E-state index in [4.69, 9.17) is 21.3 Å². The van der Waals surface area contributed by atoms with Gasteiger partial charge in [-0.2, -0.15) is 0 Å². The predicted octanol–water partition coefficient (Wildman–Crippen LogP) is 0.973. The van der Waals surface area contributed by atoms with Crippen LogP contribution in [0.2, 0.25) is 0 Å². The number of rotatable bonds is 7. The number of carbonyl (C=O) groups is 1. The van der Waals surface area contributed by atoms with Gasteiger partial charge in [-0.3, -0.25) is 4.79 Å². The van der Waals surface area contributed by atoms with Crippen molar-refractivity contribution >= 4 is 5.91 Å². The van der Waals surface area contributed by atoms with E-state index in [1.54, 1.807) is 0 Å². The third kappa shape index (κ3) is 3.54. The third-order valence-corrected chi connectivity index (χ3v) is 4.41. The molecule has 5 nitrogen and oxygen atoms in total. The summed E-state index contributed by atoms with van der Waals surface area (Å²) in [6.45, 7) is 0.593. The molecule has 1 fully saturated rings. The van der Waals surface area contributed by atoms with E-state index in [0.717, 1.165) is 24.2 Å². The van der Waals surface area contributed by atoms with E-state index in [2.05, 4.69) is 0 Å². The van der Waals surface area contributed by atoms with Crippen molar-refractivity contribution in [2.75, 3.05) is 13.2 Å². The van der Waals surface area contributed by atoms with Gasteiger partial charge in [-0.15, -0.1) is 0 Å². The van der Waals surface area contributed by atoms with Crippen molar-refractivity contribution in [3.8, 4) is 5.75 Å². The summed E-state index contributed by atoms with van der Waals surface area (Å²) in [5.41, 5.74) is 11.7. The maximum Gasteiger partial charge on any atom is 0.237 e. The molecule has 2 rings (SSSR count). The van der Waals surface area contributed by atoms with Crippen molar-refractivity contribution in [2.45, 2.75) is 37.6 Å². The summed E-state index contributed by atoms with van der Waals surface area (Å²) in [5.74, 6) is 0.455. The third-order valence-electron chi connectivity index (χ3n) is 4.41. The highest BCUT2D eigenvalue weighted by molar-refractivity contribution is 5.85. The lowest BCUT2D eigenvalue weighted by Crippen LogP contribution is -2.54. The fourth-order valence-electron chi connectivity index (χ4n) is 3.11. The maximum absolute atomic E-state index is 11.5.